The molecule has 0 saturated carbocycles. The summed E-state index contributed by atoms with van der Waals surface area (Å²) in [4.78, 5) is 40.7. The highest BCUT2D eigenvalue weighted by Crippen LogP contribution is 2.46. The monoisotopic (exact) mass is 512 g/mol. The van der Waals surface area contributed by atoms with Gasteiger partial charge in [0.1, 0.15) is 11.8 Å². The molecule has 1 fully saturated rings. The average Bonchev–Trinajstić information content (AvgIpc) is 2.82. The summed E-state index contributed by atoms with van der Waals surface area (Å²) < 4.78 is 0. The molecule has 0 bridgehead atoms. The normalized spacial score (nSPS) is 21.1. The van der Waals surface area contributed by atoms with Crippen LogP contribution in [0.3, 0.4) is 0 Å². The highest BCUT2D eigenvalue weighted by atomic mass is 35.5. The molecule has 2 aromatic rings. The van der Waals surface area contributed by atoms with Gasteiger partial charge in [-0.05, 0) is 42.5 Å². The molecule has 0 unspecified atom stereocenters. The predicted octanol–water partition coefficient (Wildman–Crippen LogP) is 4.69. The molecule has 3 atom stereocenters. The number of hydrogen-bond donors (Lipinski definition) is 2. The van der Waals surface area contributed by atoms with Gasteiger partial charge in [0.05, 0.1) is 11.5 Å². The largest absolute Gasteiger partial charge is 0.384 e. The fraction of sp³-hybridized carbons (Fsp3) is 0.483. The van der Waals surface area contributed by atoms with Gasteiger partial charge in [0.25, 0.3) is 0 Å². The van der Waals surface area contributed by atoms with Crippen molar-refractivity contribution >= 4 is 29.2 Å². The Morgan fingerprint density at radius 2 is 1.67 bits per heavy atom. The van der Waals surface area contributed by atoms with E-state index in [2.05, 4.69) is 5.32 Å². The summed E-state index contributed by atoms with van der Waals surface area (Å²) >= 11 is 6.04. The number of halogens is 1. The Morgan fingerprint density at radius 1 is 1.06 bits per heavy atom. The predicted molar refractivity (Wildman–Crippen MR) is 142 cm³/mol. The topological polar surface area (TPSA) is 86.7 Å². The summed E-state index contributed by atoms with van der Waals surface area (Å²) in [6, 6.07) is 15.6. The molecule has 2 amide bonds. The summed E-state index contributed by atoms with van der Waals surface area (Å²) in [6.45, 7) is 9.83. The number of ketones is 1. The van der Waals surface area contributed by atoms with E-state index in [1.165, 1.54) is 6.92 Å². The van der Waals surface area contributed by atoms with Crippen LogP contribution in [0.2, 0.25) is 5.02 Å². The number of carbonyl (C=O) groups is 3. The molecule has 2 N–H and O–H groups in total. The van der Waals surface area contributed by atoms with E-state index in [0.29, 0.717) is 24.5 Å². The zero-order valence-electron chi connectivity index (χ0n) is 21.8. The van der Waals surface area contributed by atoms with E-state index in [-0.39, 0.29) is 29.9 Å². The molecule has 2 aromatic carbocycles. The fourth-order valence-electron chi connectivity index (χ4n) is 5.07. The molecule has 1 aliphatic rings. The Labute approximate surface area is 219 Å². The van der Waals surface area contributed by atoms with E-state index in [0.717, 1.165) is 11.1 Å². The summed E-state index contributed by atoms with van der Waals surface area (Å²) in [5.74, 6) is -1.43. The molecule has 6 nitrogen and oxygen atoms in total. The molecule has 36 heavy (non-hydrogen) atoms. The number of piperidine rings is 1. The summed E-state index contributed by atoms with van der Waals surface area (Å²) in [7, 11) is 0. The minimum atomic E-state index is -1.12. The van der Waals surface area contributed by atoms with Crippen molar-refractivity contribution in [3.8, 4) is 0 Å². The van der Waals surface area contributed by atoms with Crippen molar-refractivity contribution in [3.05, 3.63) is 70.7 Å². The van der Waals surface area contributed by atoms with Crippen LogP contribution < -0.4 is 5.32 Å². The van der Waals surface area contributed by atoms with Crippen LogP contribution in [-0.2, 0) is 20.0 Å². The fourth-order valence-corrected chi connectivity index (χ4v) is 5.20. The van der Waals surface area contributed by atoms with E-state index < -0.39 is 23.0 Å². The van der Waals surface area contributed by atoms with Gasteiger partial charge in [-0.15, -0.1) is 0 Å². The Bertz CT molecular complexity index is 1080. The van der Waals surface area contributed by atoms with Gasteiger partial charge in [-0.25, -0.2) is 0 Å². The van der Waals surface area contributed by atoms with Gasteiger partial charge in [-0.3, -0.25) is 14.4 Å². The van der Waals surface area contributed by atoms with Gasteiger partial charge in [-0.1, -0.05) is 81.8 Å². The SMILES string of the molecule is CC(=O)C[C@@H](C(=O)N[C@@H](C(=O)N1CC[C@](O)(c2ccc(Cl)cc2)C(C)(C)C1)C(C)C)c1ccccc1. The number of aliphatic hydroxyl groups is 1. The second-order valence-corrected chi connectivity index (χ2v) is 11.3. The first-order valence-electron chi connectivity index (χ1n) is 12.5. The Hall–Kier alpha value is -2.70. The molecule has 3 rings (SSSR count). The van der Waals surface area contributed by atoms with Crippen molar-refractivity contribution in [2.45, 2.75) is 65.0 Å². The molecule has 0 radical (unpaired) electrons. The quantitative estimate of drug-likeness (QED) is 0.537. The van der Waals surface area contributed by atoms with Crippen molar-refractivity contribution in [2.24, 2.45) is 11.3 Å². The number of nitrogens with zero attached hydrogens (tertiary/aromatic N) is 1. The van der Waals surface area contributed by atoms with E-state index in [1.807, 2.05) is 70.2 Å². The smallest absolute Gasteiger partial charge is 0.245 e. The number of amides is 2. The van der Waals surface area contributed by atoms with Crippen LogP contribution in [0.15, 0.2) is 54.6 Å². The lowest BCUT2D eigenvalue weighted by Crippen LogP contribution is -2.60. The third kappa shape index (κ3) is 5.98. The number of rotatable bonds is 8. The first kappa shape index (κ1) is 27.9. The van der Waals surface area contributed by atoms with Crippen LogP contribution in [0.4, 0.5) is 0 Å². The average molecular weight is 513 g/mol. The van der Waals surface area contributed by atoms with Gasteiger partial charge in [0.2, 0.25) is 11.8 Å². The second kappa shape index (κ2) is 11.1. The van der Waals surface area contributed by atoms with Gasteiger partial charge < -0.3 is 15.3 Å². The van der Waals surface area contributed by atoms with Gasteiger partial charge >= 0.3 is 0 Å². The van der Waals surface area contributed by atoms with Crippen molar-refractivity contribution < 1.29 is 19.5 Å². The summed E-state index contributed by atoms with van der Waals surface area (Å²) in [5.41, 5.74) is -0.244. The van der Waals surface area contributed by atoms with E-state index in [9.17, 15) is 19.5 Å². The van der Waals surface area contributed by atoms with Crippen LogP contribution in [0.1, 0.15) is 64.5 Å². The maximum Gasteiger partial charge on any atom is 0.245 e. The van der Waals surface area contributed by atoms with Crippen LogP contribution in [0.5, 0.6) is 0 Å². The number of Topliss-reactive ketones (excluding diaryl/α,β-unsaturated/α-hetero) is 1. The van der Waals surface area contributed by atoms with Crippen LogP contribution in [-0.4, -0.2) is 46.7 Å². The zero-order valence-corrected chi connectivity index (χ0v) is 22.5. The van der Waals surface area contributed by atoms with E-state index in [1.54, 1.807) is 17.0 Å². The number of benzene rings is 2. The number of carbonyl (C=O) groups excluding carboxylic acids is 3. The molecule has 0 aromatic heterocycles. The lowest BCUT2D eigenvalue weighted by molar-refractivity contribution is -0.156. The highest BCUT2D eigenvalue weighted by molar-refractivity contribution is 6.30. The van der Waals surface area contributed by atoms with Crippen molar-refractivity contribution in [2.75, 3.05) is 13.1 Å². The molecule has 0 aliphatic carbocycles. The zero-order chi connectivity index (χ0) is 26.7. The molecule has 194 valence electrons. The van der Waals surface area contributed by atoms with Gasteiger partial charge in [0, 0.05) is 29.9 Å². The number of nitrogens with one attached hydrogen (secondary N) is 1. The molecule has 1 saturated heterocycles. The standard InChI is InChI=1S/C29H37ClN2O4/c1-19(2)25(31-26(34)24(17-20(3)33)21-9-7-6-8-10-21)27(35)32-16-15-29(36,28(4,5)18-32)22-11-13-23(30)14-12-22/h6-14,19,24-25,36H,15-18H2,1-5H3,(H,31,34)/t24-,25-,29+/m1/s1. The minimum absolute atomic E-state index is 0.0692. The highest BCUT2D eigenvalue weighted by Gasteiger charge is 2.50. The van der Waals surface area contributed by atoms with Gasteiger partial charge in [-0.2, -0.15) is 0 Å². The molecule has 1 heterocycles. The molecule has 7 heteroatoms. The van der Waals surface area contributed by atoms with E-state index in [4.69, 9.17) is 11.6 Å². The summed E-state index contributed by atoms with van der Waals surface area (Å²) in [5, 5.41) is 15.2. The maximum absolute atomic E-state index is 13.7. The lowest BCUT2D eigenvalue weighted by atomic mass is 9.66. The molecule has 0 spiro atoms. The van der Waals surface area contributed by atoms with Crippen molar-refractivity contribution in [1.82, 2.24) is 10.2 Å². The van der Waals surface area contributed by atoms with Gasteiger partial charge in [0.15, 0.2) is 0 Å². The third-order valence-corrected chi connectivity index (χ3v) is 7.58. The van der Waals surface area contributed by atoms with E-state index >= 15 is 0 Å². The first-order valence-corrected chi connectivity index (χ1v) is 12.9. The Balaban J connectivity index is 1.79. The Kier molecular flexibility index (Phi) is 8.63. The van der Waals surface area contributed by atoms with Crippen LogP contribution >= 0.6 is 11.6 Å². The van der Waals surface area contributed by atoms with Crippen molar-refractivity contribution in [3.63, 3.8) is 0 Å². The second-order valence-electron chi connectivity index (χ2n) is 10.9. The minimum Gasteiger partial charge on any atom is -0.384 e. The Morgan fingerprint density at radius 3 is 2.19 bits per heavy atom. The third-order valence-electron chi connectivity index (χ3n) is 7.32. The van der Waals surface area contributed by atoms with Crippen molar-refractivity contribution in [1.29, 1.82) is 0 Å². The van der Waals surface area contributed by atoms with Crippen LogP contribution in [0.25, 0.3) is 0 Å². The molecular formula is C29H37ClN2O4. The summed E-state index contributed by atoms with van der Waals surface area (Å²) in [6.07, 6.45) is 0.433. The number of hydrogen-bond acceptors (Lipinski definition) is 4. The van der Waals surface area contributed by atoms with Crippen LogP contribution in [0, 0.1) is 11.3 Å². The molecule has 1 aliphatic heterocycles. The lowest BCUT2D eigenvalue weighted by Gasteiger charge is -2.51. The molecular weight excluding hydrogens is 476 g/mol. The number of likely N-dealkylation sites (tertiary alicyclic amines) is 1. The first-order chi connectivity index (χ1) is 16.9. The maximum atomic E-state index is 13.7.